The molecule has 0 bridgehead atoms. The minimum Gasteiger partial charge on any atom is -0.508 e. The van der Waals surface area contributed by atoms with Crippen molar-refractivity contribution in [2.75, 3.05) is 0 Å². The van der Waals surface area contributed by atoms with Crippen LogP contribution >= 0.6 is 0 Å². The van der Waals surface area contributed by atoms with E-state index in [0.29, 0.717) is 5.39 Å². The van der Waals surface area contributed by atoms with Gasteiger partial charge < -0.3 is 21.1 Å². The lowest BCUT2D eigenvalue weighted by Crippen LogP contribution is -2.25. The number of nitrogens with two attached hydrogens (primary N) is 1. The second kappa shape index (κ2) is 5.26. The van der Waals surface area contributed by atoms with Gasteiger partial charge in [-0.05, 0) is 16.8 Å². The van der Waals surface area contributed by atoms with Crippen molar-refractivity contribution < 1.29 is 20.1 Å². The number of rotatable bonds is 4. The van der Waals surface area contributed by atoms with Crippen molar-refractivity contribution in [2.45, 2.75) is 18.6 Å². The first-order valence-corrected chi connectivity index (χ1v) is 5.85. The molecule has 100 valence electrons. The molecule has 0 aliphatic carbocycles. The number of aromatic hydroxyl groups is 1. The van der Waals surface area contributed by atoms with Gasteiger partial charge in [0.2, 0.25) is 5.91 Å². The Morgan fingerprint density at radius 1 is 1.16 bits per heavy atom. The highest BCUT2D eigenvalue weighted by Gasteiger charge is 2.24. The number of amides is 1. The Morgan fingerprint density at radius 3 is 2.53 bits per heavy atom. The van der Waals surface area contributed by atoms with Gasteiger partial charge in [0.15, 0.2) is 0 Å². The van der Waals surface area contributed by atoms with Crippen LogP contribution in [0.5, 0.6) is 5.75 Å². The summed E-state index contributed by atoms with van der Waals surface area (Å²) in [5, 5.41) is 31.2. The molecule has 2 atom stereocenters. The molecule has 5 nitrogen and oxygen atoms in total. The summed E-state index contributed by atoms with van der Waals surface area (Å²) in [5.74, 6) is -0.846. The first-order chi connectivity index (χ1) is 9.00. The lowest BCUT2D eigenvalue weighted by Gasteiger charge is -2.19. The van der Waals surface area contributed by atoms with E-state index in [1.807, 2.05) is 12.1 Å². The van der Waals surface area contributed by atoms with Gasteiger partial charge in [-0.2, -0.15) is 0 Å². The molecule has 0 spiro atoms. The number of aliphatic hydroxyl groups is 2. The molecule has 5 N–H and O–H groups in total. The average Bonchev–Trinajstić information content (AvgIpc) is 2.37. The maximum Gasteiger partial charge on any atom is 0.220 e. The molecule has 2 unspecified atom stereocenters. The summed E-state index contributed by atoms with van der Waals surface area (Å²) in [4.78, 5) is 10.8. The minimum atomic E-state index is -1.38. The van der Waals surface area contributed by atoms with Crippen LogP contribution in [0, 0.1) is 0 Å². The molecule has 0 heterocycles. The number of hydrogen-bond acceptors (Lipinski definition) is 4. The molecule has 1 amide bonds. The van der Waals surface area contributed by atoms with Crippen LogP contribution in [-0.2, 0) is 4.79 Å². The van der Waals surface area contributed by atoms with E-state index in [2.05, 4.69) is 0 Å². The summed E-state index contributed by atoms with van der Waals surface area (Å²) in [6, 6.07) is 10.3. The van der Waals surface area contributed by atoms with E-state index in [9.17, 15) is 20.1 Å². The van der Waals surface area contributed by atoms with Gasteiger partial charge in [0, 0.05) is 5.56 Å². The molecule has 0 aromatic heterocycles. The van der Waals surface area contributed by atoms with E-state index in [-0.39, 0.29) is 17.7 Å². The highest BCUT2D eigenvalue weighted by Crippen LogP contribution is 2.34. The molecule has 0 radical (unpaired) electrons. The van der Waals surface area contributed by atoms with Gasteiger partial charge in [-0.25, -0.2) is 0 Å². The Bertz CT molecular complexity index is 611. The molecule has 2 rings (SSSR count). The number of phenols is 1. The van der Waals surface area contributed by atoms with Gasteiger partial charge >= 0.3 is 0 Å². The fraction of sp³-hybridized carbons (Fsp3) is 0.214. The minimum absolute atomic E-state index is 0.130. The second-order valence-electron chi connectivity index (χ2n) is 4.40. The van der Waals surface area contributed by atoms with Crippen molar-refractivity contribution in [2.24, 2.45) is 5.73 Å². The van der Waals surface area contributed by atoms with Crippen molar-refractivity contribution in [1.82, 2.24) is 0 Å². The molecule has 2 aromatic carbocycles. The third kappa shape index (κ3) is 2.67. The zero-order valence-electron chi connectivity index (χ0n) is 10.2. The third-order valence-corrected chi connectivity index (χ3v) is 3.02. The molecule has 5 heteroatoms. The lowest BCUT2D eigenvalue weighted by atomic mass is 9.95. The van der Waals surface area contributed by atoms with Gasteiger partial charge in [-0.3, -0.25) is 4.79 Å². The summed E-state index contributed by atoms with van der Waals surface area (Å²) < 4.78 is 0. The first kappa shape index (κ1) is 13.3. The Balaban J connectivity index is 2.48. The van der Waals surface area contributed by atoms with Crippen LogP contribution in [0.2, 0.25) is 0 Å². The van der Waals surface area contributed by atoms with Gasteiger partial charge in [0.05, 0.1) is 12.5 Å². The van der Waals surface area contributed by atoms with Gasteiger partial charge in [-0.15, -0.1) is 0 Å². The Labute approximate surface area is 109 Å². The zero-order chi connectivity index (χ0) is 14.0. The summed E-state index contributed by atoms with van der Waals surface area (Å²) in [5.41, 5.74) is 5.19. The quantitative estimate of drug-likeness (QED) is 0.654. The van der Waals surface area contributed by atoms with Crippen LogP contribution in [0.3, 0.4) is 0 Å². The predicted octanol–water partition coefficient (Wildman–Crippen LogP) is 0.815. The molecular formula is C14H15NO4. The van der Waals surface area contributed by atoms with Crippen LogP contribution < -0.4 is 5.73 Å². The fourth-order valence-electron chi connectivity index (χ4n) is 2.11. The number of carbonyl (C=O) groups is 1. The molecule has 0 saturated carbocycles. The van der Waals surface area contributed by atoms with Gasteiger partial charge in [0.1, 0.15) is 11.9 Å². The molecule has 19 heavy (non-hydrogen) atoms. The summed E-state index contributed by atoms with van der Waals surface area (Å²) in [6.45, 7) is 0. The van der Waals surface area contributed by atoms with E-state index in [1.54, 1.807) is 18.2 Å². The highest BCUT2D eigenvalue weighted by atomic mass is 16.3. The number of carbonyl (C=O) groups excluding carboxylic acids is 1. The van der Waals surface area contributed by atoms with E-state index in [0.717, 1.165) is 5.39 Å². The number of phenolic OH excluding ortho intramolecular Hbond substituents is 1. The van der Waals surface area contributed by atoms with Crippen LogP contribution in [0.25, 0.3) is 10.8 Å². The van der Waals surface area contributed by atoms with Crippen molar-refractivity contribution in [3.05, 3.63) is 42.0 Å². The smallest absolute Gasteiger partial charge is 0.220 e. The third-order valence-electron chi connectivity index (χ3n) is 3.02. The molecule has 0 aliphatic heterocycles. The molecule has 0 saturated heterocycles. The highest BCUT2D eigenvalue weighted by molar-refractivity contribution is 5.88. The van der Waals surface area contributed by atoms with Crippen LogP contribution in [0.1, 0.15) is 18.1 Å². The lowest BCUT2D eigenvalue weighted by molar-refractivity contribution is -0.121. The van der Waals surface area contributed by atoms with Crippen LogP contribution in [0.4, 0.5) is 0 Å². The van der Waals surface area contributed by atoms with E-state index in [1.165, 1.54) is 6.07 Å². The maximum atomic E-state index is 10.8. The standard InChI is InChI=1S/C14H15NO4/c15-12(18)7-11(17)14(19)13-9-4-2-1-3-8(9)5-6-10(13)16/h1-6,11,14,16-17,19H,7H2,(H2,15,18). The average molecular weight is 261 g/mol. The topological polar surface area (TPSA) is 104 Å². The van der Waals surface area contributed by atoms with Crippen molar-refractivity contribution in [3.63, 3.8) is 0 Å². The van der Waals surface area contributed by atoms with Gasteiger partial charge in [0.25, 0.3) is 0 Å². The van der Waals surface area contributed by atoms with E-state index < -0.39 is 18.1 Å². The second-order valence-corrected chi connectivity index (χ2v) is 4.40. The normalized spacial score (nSPS) is 14.2. The Kier molecular flexibility index (Phi) is 3.69. The van der Waals surface area contributed by atoms with E-state index >= 15 is 0 Å². The summed E-state index contributed by atoms with van der Waals surface area (Å²) in [6.07, 6.45) is -3.10. The Hall–Kier alpha value is -2.11. The Morgan fingerprint density at radius 2 is 1.84 bits per heavy atom. The number of hydrogen-bond donors (Lipinski definition) is 4. The predicted molar refractivity (Wildman–Crippen MR) is 70.4 cm³/mol. The number of primary amides is 1. The summed E-state index contributed by atoms with van der Waals surface area (Å²) >= 11 is 0. The number of benzene rings is 2. The van der Waals surface area contributed by atoms with Gasteiger partial charge in [-0.1, -0.05) is 30.3 Å². The first-order valence-electron chi connectivity index (χ1n) is 5.85. The summed E-state index contributed by atoms with van der Waals surface area (Å²) in [7, 11) is 0. The molecule has 2 aromatic rings. The fourth-order valence-corrected chi connectivity index (χ4v) is 2.11. The van der Waals surface area contributed by atoms with Crippen molar-refractivity contribution in [3.8, 4) is 5.75 Å². The number of fused-ring (bicyclic) bond motifs is 1. The monoisotopic (exact) mass is 261 g/mol. The van der Waals surface area contributed by atoms with Crippen LogP contribution in [-0.4, -0.2) is 27.3 Å². The molecule has 0 aliphatic rings. The number of aliphatic hydroxyl groups excluding tert-OH is 2. The molecular weight excluding hydrogens is 246 g/mol. The van der Waals surface area contributed by atoms with Crippen molar-refractivity contribution in [1.29, 1.82) is 0 Å². The largest absolute Gasteiger partial charge is 0.508 e. The van der Waals surface area contributed by atoms with Crippen molar-refractivity contribution >= 4 is 16.7 Å². The zero-order valence-corrected chi connectivity index (χ0v) is 10.2. The van der Waals surface area contributed by atoms with Crippen LogP contribution in [0.15, 0.2) is 36.4 Å². The SMILES string of the molecule is NC(=O)CC(O)C(O)c1c(O)ccc2ccccc12. The molecule has 0 fully saturated rings. The van der Waals surface area contributed by atoms with E-state index in [4.69, 9.17) is 5.73 Å². The maximum absolute atomic E-state index is 10.8.